The monoisotopic (exact) mass is 418 g/mol. The average Bonchev–Trinajstić information content (AvgIpc) is 2.76. The summed E-state index contributed by atoms with van der Waals surface area (Å²) < 4.78 is 6.87. The molecule has 1 aromatic heterocycles. The molecule has 0 atom stereocenters. The van der Waals surface area contributed by atoms with E-state index < -0.39 is 0 Å². The second-order valence-corrected chi connectivity index (χ2v) is 7.22. The van der Waals surface area contributed by atoms with Crippen LogP contribution >= 0.6 is 43.2 Å². The molecule has 0 aliphatic heterocycles. The van der Waals surface area contributed by atoms with Crippen molar-refractivity contribution in [2.24, 2.45) is 0 Å². The first-order valence-electron chi connectivity index (χ1n) is 5.66. The summed E-state index contributed by atoms with van der Waals surface area (Å²) in [5, 5.41) is 2.85. The van der Waals surface area contributed by atoms with E-state index in [4.69, 9.17) is 10.5 Å². The molecule has 0 radical (unpaired) electrons. The number of ether oxygens (including phenoxy) is 1. The molecule has 3 N–H and O–H groups in total. The van der Waals surface area contributed by atoms with E-state index in [0.29, 0.717) is 22.9 Å². The van der Waals surface area contributed by atoms with Gasteiger partial charge in [-0.3, -0.25) is 4.79 Å². The molecule has 0 bridgehead atoms. The predicted molar refractivity (Wildman–Crippen MR) is 88.3 cm³/mol. The fourth-order valence-corrected chi connectivity index (χ4v) is 3.57. The Balaban J connectivity index is 2.01. The fraction of sp³-hybridized carbons (Fsp3) is 0.154. The van der Waals surface area contributed by atoms with Crippen molar-refractivity contribution < 1.29 is 9.53 Å². The van der Waals surface area contributed by atoms with Gasteiger partial charge in [-0.05, 0) is 55.6 Å². The van der Waals surface area contributed by atoms with Crippen molar-refractivity contribution in [1.82, 2.24) is 5.32 Å². The van der Waals surface area contributed by atoms with Crippen molar-refractivity contribution in [1.29, 1.82) is 0 Å². The molecular weight excluding hydrogens is 408 g/mol. The van der Waals surface area contributed by atoms with E-state index in [1.165, 1.54) is 11.3 Å². The number of nitrogen functional groups attached to an aromatic ring is 1. The van der Waals surface area contributed by atoms with Crippen molar-refractivity contribution in [3.8, 4) is 5.75 Å². The summed E-state index contributed by atoms with van der Waals surface area (Å²) in [7, 11) is 1.57. The minimum absolute atomic E-state index is 0.115. The lowest BCUT2D eigenvalue weighted by atomic mass is 10.2. The van der Waals surface area contributed by atoms with Gasteiger partial charge in [0.05, 0.1) is 21.5 Å². The van der Waals surface area contributed by atoms with Gasteiger partial charge in [-0.25, -0.2) is 0 Å². The van der Waals surface area contributed by atoms with E-state index in [0.717, 1.165) is 13.8 Å². The number of benzene rings is 1. The highest BCUT2D eigenvalue weighted by Crippen LogP contribution is 2.32. The number of rotatable bonds is 4. The summed E-state index contributed by atoms with van der Waals surface area (Å²) in [5.41, 5.74) is 7.30. The lowest BCUT2D eigenvalue weighted by molar-refractivity contribution is 0.0955. The van der Waals surface area contributed by atoms with Crippen LogP contribution in [0.5, 0.6) is 5.75 Å². The average molecular weight is 420 g/mol. The second kappa shape index (κ2) is 6.60. The summed E-state index contributed by atoms with van der Waals surface area (Å²) in [5.74, 6) is 0.516. The maximum absolute atomic E-state index is 12.0. The van der Waals surface area contributed by atoms with Gasteiger partial charge in [0.15, 0.2) is 0 Å². The maximum Gasteiger partial charge on any atom is 0.261 e. The fourth-order valence-electron chi connectivity index (χ4n) is 1.62. The van der Waals surface area contributed by atoms with Crippen LogP contribution in [0.3, 0.4) is 0 Å². The largest absolute Gasteiger partial charge is 0.495 e. The van der Waals surface area contributed by atoms with Crippen molar-refractivity contribution in [2.75, 3.05) is 12.8 Å². The Hall–Kier alpha value is -1.05. The van der Waals surface area contributed by atoms with Crippen LogP contribution in [-0.4, -0.2) is 13.0 Å². The van der Waals surface area contributed by atoms with Crippen LogP contribution < -0.4 is 15.8 Å². The summed E-state index contributed by atoms with van der Waals surface area (Å²) in [4.78, 5) is 12.6. The molecule has 1 aromatic carbocycles. The quantitative estimate of drug-likeness (QED) is 0.741. The molecule has 0 fully saturated rings. The van der Waals surface area contributed by atoms with E-state index in [-0.39, 0.29) is 5.91 Å². The van der Waals surface area contributed by atoms with Crippen LogP contribution in [0.15, 0.2) is 32.5 Å². The van der Waals surface area contributed by atoms with Crippen LogP contribution in [0.25, 0.3) is 0 Å². The van der Waals surface area contributed by atoms with Crippen molar-refractivity contribution in [3.05, 3.63) is 43.0 Å². The van der Waals surface area contributed by atoms with Gasteiger partial charge in [-0.2, -0.15) is 0 Å². The smallest absolute Gasteiger partial charge is 0.261 e. The van der Waals surface area contributed by atoms with Crippen molar-refractivity contribution in [3.63, 3.8) is 0 Å². The molecular formula is C13H12Br2N2O2S. The third kappa shape index (κ3) is 3.53. The Labute approximate surface area is 137 Å². The molecule has 0 unspecified atom stereocenters. The summed E-state index contributed by atoms with van der Waals surface area (Å²) >= 11 is 8.11. The number of hydrogen-bond acceptors (Lipinski definition) is 4. The highest BCUT2D eigenvalue weighted by molar-refractivity contribution is 9.13. The number of anilines is 1. The van der Waals surface area contributed by atoms with Gasteiger partial charge in [-0.15, -0.1) is 11.3 Å². The molecule has 7 heteroatoms. The first kappa shape index (κ1) is 15.3. The number of carbonyl (C=O) groups is 1. The van der Waals surface area contributed by atoms with Gasteiger partial charge in [-0.1, -0.05) is 6.07 Å². The molecule has 1 heterocycles. The zero-order chi connectivity index (χ0) is 14.7. The molecule has 20 heavy (non-hydrogen) atoms. The minimum atomic E-state index is -0.115. The highest BCUT2D eigenvalue weighted by Gasteiger charge is 2.11. The van der Waals surface area contributed by atoms with E-state index in [1.54, 1.807) is 25.3 Å². The SMILES string of the molecule is COc1ccc(CNC(=O)c2cc(Br)c(Br)s2)cc1N. The molecule has 4 nitrogen and oxygen atoms in total. The van der Waals surface area contributed by atoms with Gasteiger partial charge in [0.25, 0.3) is 5.91 Å². The Kier molecular flexibility index (Phi) is 5.06. The number of methoxy groups -OCH3 is 1. The lowest BCUT2D eigenvalue weighted by Gasteiger charge is -2.08. The van der Waals surface area contributed by atoms with Gasteiger partial charge < -0.3 is 15.8 Å². The zero-order valence-corrected chi connectivity index (χ0v) is 14.6. The van der Waals surface area contributed by atoms with Crippen LogP contribution in [0.1, 0.15) is 15.2 Å². The van der Waals surface area contributed by atoms with Gasteiger partial charge in [0.1, 0.15) is 5.75 Å². The number of thiophene rings is 1. The number of nitrogens with two attached hydrogens (primary N) is 1. The molecule has 1 amide bonds. The van der Waals surface area contributed by atoms with Crippen molar-refractivity contribution >= 4 is 54.8 Å². The summed E-state index contributed by atoms with van der Waals surface area (Å²) in [6, 6.07) is 7.23. The van der Waals surface area contributed by atoms with Crippen LogP contribution in [0.4, 0.5) is 5.69 Å². The standard InChI is InChI=1S/C13H12Br2N2O2S/c1-19-10-3-2-7(4-9(10)16)6-17-13(18)11-5-8(14)12(15)20-11/h2-5H,6,16H2,1H3,(H,17,18). The van der Waals surface area contributed by atoms with Crippen LogP contribution in [0, 0.1) is 0 Å². The Bertz CT molecular complexity index is 624. The topological polar surface area (TPSA) is 64.3 Å². The Morgan fingerprint density at radius 2 is 2.15 bits per heavy atom. The van der Waals surface area contributed by atoms with E-state index >= 15 is 0 Å². The maximum atomic E-state index is 12.0. The number of amides is 1. The molecule has 2 aromatic rings. The van der Waals surface area contributed by atoms with Crippen molar-refractivity contribution in [2.45, 2.75) is 6.54 Å². The Morgan fingerprint density at radius 1 is 1.40 bits per heavy atom. The lowest BCUT2D eigenvalue weighted by Crippen LogP contribution is -2.21. The third-order valence-corrected chi connectivity index (χ3v) is 5.87. The molecule has 2 rings (SSSR count). The first-order valence-corrected chi connectivity index (χ1v) is 8.07. The first-order chi connectivity index (χ1) is 9.51. The van der Waals surface area contributed by atoms with E-state index in [9.17, 15) is 4.79 Å². The van der Waals surface area contributed by atoms with Gasteiger partial charge in [0, 0.05) is 11.0 Å². The third-order valence-electron chi connectivity index (χ3n) is 2.62. The molecule has 106 valence electrons. The number of halogens is 2. The van der Waals surface area contributed by atoms with Crippen LogP contribution in [0.2, 0.25) is 0 Å². The highest BCUT2D eigenvalue weighted by atomic mass is 79.9. The molecule has 0 aliphatic rings. The number of carbonyl (C=O) groups excluding carboxylic acids is 1. The summed E-state index contributed by atoms with van der Waals surface area (Å²) in [6.45, 7) is 0.417. The normalized spacial score (nSPS) is 10.3. The van der Waals surface area contributed by atoms with E-state index in [1.807, 2.05) is 6.07 Å². The molecule has 0 spiro atoms. The number of hydrogen-bond donors (Lipinski definition) is 2. The zero-order valence-electron chi connectivity index (χ0n) is 10.6. The van der Waals surface area contributed by atoms with Gasteiger partial charge >= 0.3 is 0 Å². The summed E-state index contributed by atoms with van der Waals surface area (Å²) in [6.07, 6.45) is 0. The van der Waals surface area contributed by atoms with Gasteiger partial charge in [0.2, 0.25) is 0 Å². The Morgan fingerprint density at radius 3 is 2.70 bits per heavy atom. The molecule has 0 saturated heterocycles. The minimum Gasteiger partial charge on any atom is -0.495 e. The van der Waals surface area contributed by atoms with E-state index in [2.05, 4.69) is 37.2 Å². The second-order valence-electron chi connectivity index (χ2n) is 3.99. The molecule has 0 aliphatic carbocycles. The van der Waals surface area contributed by atoms with Crippen LogP contribution in [-0.2, 0) is 6.54 Å². The number of nitrogens with one attached hydrogen (secondary N) is 1. The predicted octanol–water partition coefficient (Wildman–Crippen LogP) is 3.79. The molecule has 0 saturated carbocycles.